The van der Waals surface area contributed by atoms with Crippen LogP contribution >= 0.6 is 11.6 Å². The Morgan fingerprint density at radius 2 is 2.15 bits per heavy atom. The lowest BCUT2D eigenvalue weighted by molar-refractivity contribution is -0.123. The Bertz CT molecular complexity index is 809. The quantitative estimate of drug-likeness (QED) is 0.769. The van der Waals surface area contributed by atoms with Gasteiger partial charge in [0, 0.05) is 35.8 Å². The molecule has 27 heavy (non-hydrogen) atoms. The Hall–Kier alpha value is -2.14. The van der Waals surface area contributed by atoms with Crippen molar-refractivity contribution in [3.05, 3.63) is 46.6 Å². The molecule has 0 radical (unpaired) electrons. The fourth-order valence-electron chi connectivity index (χ4n) is 3.51. The third kappa shape index (κ3) is 4.98. The first-order chi connectivity index (χ1) is 12.9. The molecule has 6 heteroatoms. The number of carbonyl (C=O) groups is 1. The van der Waals surface area contributed by atoms with Crippen molar-refractivity contribution in [1.29, 1.82) is 0 Å². The fourth-order valence-corrected chi connectivity index (χ4v) is 3.72. The summed E-state index contributed by atoms with van der Waals surface area (Å²) < 4.78 is 0. The van der Waals surface area contributed by atoms with Crippen molar-refractivity contribution in [2.45, 2.75) is 46.1 Å². The SMILES string of the molecule is Cc1cc(N2CCC[C@H]2C(=O)C(C)C)nc(NCCc2cccc(Cl)c2)n1. The minimum atomic E-state index is -0.0707. The largest absolute Gasteiger partial charge is 0.354 e. The van der Waals surface area contributed by atoms with Crippen molar-refractivity contribution in [3.8, 4) is 0 Å². The van der Waals surface area contributed by atoms with Gasteiger partial charge in [0.05, 0.1) is 6.04 Å². The Labute approximate surface area is 166 Å². The second-order valence-corrected chi connectivity index (χ2v) is 7.84. The van der Waals surface area contributed by atoms with E-state index in [9.17, 15) is 4.79 Å². The minimum Gasteiger partial charge on any atom is -0.354 e. The highest BCUT2D eigenvalue weighted by Gasteiger charge is 2.33. The van der Waals surface area contributed by atoms with Crippen LogP contribution < -0.4 is 10.2 Å². The molecule has 1 aromatic carbocycles. The maximum Gasteiger partial charge on any atom is 0.224 e. The van der Waals surface area contributed by atoms with Crippen LogP contribution in [0, 0.1) is 12.8 Å². The minimum absolute atomic E-state index is 0.0360. The van der Waals surface area contributed by atoms with Crippen LogP contribution in [-0.2, 0) is 11.2 Å². The first-order valence-corrected chi connectivity index (χ1v) is 9.96. The number of nitrogens with one attached hydrogen (secondary N) is 1. The van der Waals surface area contributed by atoms with Gasteiger partial charge < -0.3 is 10.2 Å². The van der Waals surface area contributed by atoms with Crippen LogP contribution in [0.1, 0.15) is 37.9 Å². The molecule has 144 valence electrons. The molecule has 0 spiro atoms. The molecule has 1 saturated heterocycles. The van der Waals surface area contributed by atoms with Crippen LogP contribution in [0.2, 0.25) is 5.02 Å². The average molecular weight is 387 g/mol. The zero-order valence-corrected chi connectivity index (χ0v) is 17.0. The van der Waals surface area contributed by atoms with E-state index in [0.29, 0.717) is 11.7 Å². The van der Waals surface area contributed by atoms with E-state index in [0.717, 1.165) is 48.9 Å². The number of rotatable bonds is 7. The number of carbonyl (C=O) groups excluding carboxylic acids is 1. The van der Waals surface area contributed by atoms with Crippen molar-refractivity contribution >= 4 is 29.2 Å². The van der Waals surface area contributed by atoms with Gasteiger partial charge in [-0.05, 0) is 43.9 Å². The number of nitrogens with zero attached hydrogens (tertiary/aromatic N) is 3. The van der Waals surface area contributed by atoms with Crippen LogP contribution in [0.5, 0.6) is 0 Å². The van der Waals surface area contributed by atoms with Crippen molar-refractivity contribution < 1.29 is 4.79 Å². The molecule has 0 amide bonds. The van der Waals surface area contributed by atoms with Crippen molar-refractivity contribution in [1.82, 2.24) is 9.97 Å². The Balaban J connectivity index is 1.69. The van der Waals surface area contributed by atoms with Gasteiger partial charge in [-0.2, -0.15) is 4.98 Å². The molecule has 2 heterocycles. The molecule has 1 aliphatic heterocycles. The Kier molecular flexibility index (Phi) is 6.32. The molecular weight excluding hydrogens is 360 g/mol. The maximum atomic E-state index is 12.5. The number of halogens is 1. The molecule has 1 aromatic heterocycles. The van der Waals surface area contributed by atoms with Crippen LogP contribution in [0.4, 0.5) is 11.8 Å². The summed E-state index contributed by atoms with van der Waals surface area (Å²) in [5.74, 6) is 1.77. The second-order valence-electron chi connectivity index (χ2n) is 7.41. The monoisotopic (exact) mass is 386 g/mol. The third-order valence-electron chi connectivity index (χ3n) is 4.87. The van der Waals surface area contributed by atoms with Crippen molar-refractivity contribution in [2.24, 2.45) is 5.92 Å². The molecule has 5 nitrogen and oxygen atoms in total. The van der Waals surface area contributed by atoms with Gasteiger partial charge in [0.1, 0.15) is 5.82 Å². The average Bonchev–Trinajstić information content (AvgIpc) is 3.10. The van der Waals surface area contributed by atoms with Crippen molar-refractivity contribution in [2.75, 3.05) is 23.3 Å². The Morgan fingerprint density at radius 1 is 1.33 bits per heavy atom. The molecule has 1 atom stereocenters. The first kappa shape index (κ1) is 19.6. The Morgan fingerprint density at radius 3 is 2.89 bits per heavy atom. The number of aromatic nitrogens is 2. The standard InChI is InChI=1S/C21H27ClN4O/c1-14(2)20(27)18-8-5-11-26(18)19-12-15(3)24-21(25-19)23-10-9-16-6-4-7-17(22)13-16/h4,6-7,12-14,18H,5,8-11H2,1-3H3,(H,23,24,25)/t18-/m0/s1. The summed E-state index contributed by atoms with van der Waals surface area (Å²) >= 11 is 6.04. The summed E-state index contributed by atoms with van der Waals surface area (Å²) in [6.45, 7) is 7.47. The number of Topliss-reactive ketones (excluding diaryl/α,β-unsaturated/α-hetero) is 1. The van der Waals surface area contributed by atoms with Crippen LogP contribution in [0.25, 0.3) is 0 Å². The lowest BCUT2D eigenvalue weighted by atomic mass is 10.00. The molecule has 0 unspecified atom stereocenters. The van der Waals surface area contributed by atoms with E-state index in [1.165, 1.54) is 5.56 Å². The zero-order valence-electron chi connectivity index (χ0n) is 16.2. The highest BCUT2D eigenvalue weighted by Crippen LogP contribution is 2.27. The summed E-state index contributed by atoms with van der Waals surface area (Å²) in [5.41, 5.74) is 2.07. The molecule has 1 N–H and O–H groups in total. The van der Waals surface area contributed by atoms with Gasteiger partial charge in [-0.25, -0.2) is 4.98 Å². The number of hydrogen-bond acceptors (Lipinski definition) is 5. The molecular formula is C21H27ClN4O. The maximum absolute atomic E-state index is 12.5. The highest BCUT2D eigenvalue weighted by molar-refractivity contribution is 6.30. The molecule has 3 rings (SSSR count). The van der Waals surface area contributed by atoms with E-state index in [4.69, 9.17) is 11.6 Å². The van der Waals surface area contributed by atoms with E-state index in [-0.39, 0.29) is 12.0 Å². The van der Waals surface area contributed by atoms with Crippen LogP contribution in [-0.4, -0.2) is 34.9 Å². The second kappa shape index (κ2) is 8.70. The van der Waals surface area contributed by atoms with Crippen LogP contribution in [0.3, 0.4) is 0 Å². The molecule has 1 fully saturated rings. The van der Waals surface area contributed by atoms with Gasteiger partial charge in [0.2, 0.25) is 5.95 Å². The normalized spacial score (nSPS) is 16.8. The van der Waals surface area contributed by atoms with Gasteiger partial charge in [-0.15, -0.1) is 0 Å². The molecule has 2 aromatic rings. The fraction of sp³-hybridized carbons (Fsp3) is 0.476. The predicted molar refractivity (Wildman–Crippen MR) is 111 cm³/mol. The summed E-state index contributed by atoms with van der Waals surface area (Å²) in [6.07, 6.45) is 2.76. The van der Waals surface area contributed by atoms with Crippen molar-refractivity contribution in [3.63, 3.8) is 0 Å². The lowest BCUT2D eigenvalue weighted by Gasteiger charge is -2.26. The van der Waals surface area contributed by atoms with Gasteiger partial charge in [-0.3, -0.25) is 4.79 Å². The third-order valence-corrected chi connectivity index (χ3v) is 5.11. The number of benzene rings is 1. The first-order valence-electron chi connectivity index (χ1n) is 9.58. The summed E-state index contributed by atoms with van der Waals surface area (Å²) in [4.78, 5) is 23.9. The van der Waals surface area contributed by atoms with Gasteiger partial charge >= 0.3 is 0 Å². The van der Waals surface area contributed by atoms with E-state index in [1.807, 2.05) is 45.0 Å². The lowest BCUT2D eigenvalue weighted by Crippen LogP contribution is -2.39. The number of aryl methyl sites for hydroxylation is 1. The summed E-state index contributed by atoms with van der Waals surface area (Å²) in [7, 11) is 0. The van der Waals surface area contributed by atoms with Gasteiger partial charge in [0.25, 0.3) is 0 Å². The predicted octanol–water partition coefficient (Wildman–Crippen LogP) is 4.29. The van der Waals surface area contributed by atoms with E-state index < -0.39 is 0 Å². The van der Waals surface area contributed by atoms with Gasteiger partial charge in [-0.1, -0.05) is 37.6 Å². The smallest absolute Gasteiger partial charge is 0.224 e. The molecule has 0 saturated carbocycles. The van der Waals surface area contributed by atoms with E-state index in [1.54, 1.807) is 0 Å². The highest BCUT2D eigenvalue weighted by atomic mass is 35.5. The van der Waals surface area contributed by atoms with Gasteiger partial charge in [0.15, 0.2) is 5.78 Å². The molecule has 0 aliphatic carbocycles. The van der Waals surface area contributed by atoms with E-state index in [2.05, 4.69) is 26.3 Å². The van der Waals surface area contributed by atoms with E-state index >= 15 is 0 Å². The number of hydrogen-bond donors (Lipinski definition) is 1. The summed E-state index contributed by atoms with van der Waals surface area (Å²) in [6, 6.07) is 9.75. The topological polar surface area (TPSA) is 58.1 Å². The summed E-state index contributed by atoms with van der Waals surface area (Å²) in [5, 5.41) is 4.05. The molecule has 1 aliphatic rings. The molecule has 0 bridgehead atoms. The zero-order chi connectivity index (χ0) is 19.4. The number of anilines is 2. The van der Waals surface area contributed by atoms with Crippen LogP contribution in [0.15, 0.2) is 30.3 Å². The number of ketones is 1.